The lowest BCUT2D eigenvalue weighted by molar-refractivity contribution is -0.167. The van der Waals surface area contributed by atoms with Crippen LogP contribution in [-0.2, 0) is 24.7 Å². The number of hydrogen-bond acceptors (Lipinski definition) is 4. The summed E-state index contributed by atoms with van der Waals surface area (Å²) in [5, 5.41) is 0. The average molecular weight is 354 g/mol. The van der Waals surface area contributed by atoms with E-state index in [0.717, 1.165) is 17.5 Å². The molecule has 0 aliphatic carbocycles. The van der Waals surface area contributed by atoms with Crippen LogP contribution in [0.2, 0.25) is 0 Å². The van der Waals surface area contributed by atoms with Crippen LogP contribution in [0.1, 0.15) is 44.7 Å². The smallest absolute Gasteiger partial charge is 0.313 e. The van der Waals surface area contributed by atoms with Crippen molar-refractivity contribution >= 4 is 11.8 Å². The van der Waals surface area contributed by atoms with Crippen LogP contribution in [0.4, 0.5) is 0 Å². The number of rotatable bonds is 9. The van der Waals surface area contributed by atoms with Gasteiger partial charge in [0.1, 0.15) is 18.3 Å². The fourth-order valence-electron chi connectivity index (χ4n) is 3.08. The SMILES string of the molecule is CCCOC(c1ccccc1)(c1ccccc1)C(C)OC(=O)CC(C)=O. The predicted octanol–water partition coefficient (Wildman–Crippen LogP) is 4.27. The van der Waals surface area contributed by atoms with Gasteiger partial charge in [-0.2, -0.15) is 0 Å². The summed E-state index contributed by atoms with van der Waals surface area (Å²) in [6.07, 6.45) is -0.0153. The van der Waals surface area contributed by atoms with E-state index in [4.69, 9.17) is 9.47 Å². The monoisotopic (exact) mass is 354 g/mol. The number of Topliss-reactive ketones (excluding diaryl/α,β-unsaturated/α-hetero) is 1. The largest absolute Gasteiger partial charge is 0.458 e. The number of hydrogen-bond donors (Lipinski definition) is 0. The van der Waals surface area contributed by atoms with Crippen LogP contribution in [0.25, 0.3) is 0 Å². The first-order valence-corrected chi connectivity index (χ1v) is 8.94. The maximum atomic E-state index is 12.1. The first kappa shape index (κ1) is 19.9. The van der Waals surface area contributed by atoms with E-state index in [1.54, 1.807) is 0 Å². The number of carbonyl (C=O) groups is 2. The van der Waals surface area contributed by atoms with Crippen LogP contribution >= 0.6 is 0 Å². The second-order valence-electron chi connectivity index (χ2n) is 6.33. The summed E-state index contributed by atoms with van der Waals surface area (Å²) in [7, 11) is 0. The van der Waals surface area contributed by atoms with E-state index >= 15 is 0 Å². The molecule has 4 nitrogen and oxygen atoms in total. The molecular formula is C22H26O4. The second-order valence-corrected chi connectivity index (χ2v) is 6.33. The molecule has 0 saturated carbocycles. The highest BCUT2D eigenvalue weighted by atomic mass is 16.6. The summed E-state index contributed by atoms with van der Waals surface area (Å²) in [6, 6.07) is 19.5. The minimum absolute atomic E-state index is 0.221. The molecule has 138 valence electrons. The summed E-state index contributed by atoms with van der Waals surface area (Å²) < 4.78 is 12.0. The third-order valence-corrected chi connectivity index (χ3v) is 4.21. The molecule has 0 fully saturated rings. The molecule has 0 aliphatic rings. The molecule has 1 unspecified atom stereocenters. The Morgan fingerprint density at radius 1 is 0.962 bits per heavy atom. The summed E-state index contributed by atoms with van der Waals surface area (Å²) >= 11 is 0. The second kappa shape index (κ2) is 9.30. The van der Waals surface area contributed by atoms with E-state index in [2.05, 4.69) is 0 Å². The van der Waals surface area contributed by atoms with E-state index in [-0.39, 0.29) is 12.2 Å². The summed E-state index contributed by atoms with van der Waals surface area (Å²) in [5.41, 5.74) is 0.871. The molecule has 0 heterocycles. The van der Waals surface area contributed by atoms with Crippen LogP contribution in [0.3, 0.4) is 0 Å². The maximum absolute atomic E-state index is 12.1. The van der Waals surface area contributed by atoms with Crippen molar-refractivity contribution in [3.63, 3.8) is 0 Å². The Balaban J connectivity index is 2.51. The van der Waals surface area contributed by atoms with Gasteiger partial charge in [0.25, 0.3) is 0 Å². The van der Waals surface area contributed by atoms with Crippen molar-refractivity contribution in [3.8, 4) is 0 Å². The molecule has 2 aromatic carbocycles. The number of carbonyl (C=O) groups excluding carboxylic acids is 2. The van der Waals surface area contributed by atoms with E-state index in [0.29, 0.717) is 6.61 Å². The minimum Gasteiger partial charge on any atom is -0.458 e. The molecule has 0 bridgehead atoms. The third-order valence-electron chi connectivity index (χ3n) is 4.21. The highest BCUT2D eigenvalue weighted by Crippen LogP contribution is 2.39. The fourth-order valence-corrected chi connectivity index (χ4v) is 3.08. The van der Waals surface area contributed by atoms with Gasteiger partial charge in [-0.05, 0) is 31.4 Å². The van der Waals surface area contributed by atoms with Gasteiger partial charge in [-0.1, -0.05) is 67.6 Å². The lowest BCUT2D eigenvalue weighted by atomic mass is 9.81. The van der Waals surface area contributed by atoms with Gasteiger partial charge >= 0.3 is 5.97 Å². The Kier molecular flexibility index (Phi) is 7.10. The van der Waals surface area contributed by atoms with E-state index < -0.39 is 17.7 Å². The van der Waals surface area contributed by atoms with E-state index in [9.17, 15) is 9.59 Å². The first-order valence-electron chi connectivity index (χ1n) is 8.94. The van der Waals surface area contributed by atoms with Gasteiger partial charge in [0.15, 0.2) is 5.60 Å². The molecule has 4 heteroatoms. The van der Waals surface area contributed by atoms with E-state index in [1.165, 1.54) is 6.92 Å². The zero-order valence-corrected chi connectivity index (χ0v) is 15.6. The zero-order chi connectivity index (χ0) is 19.0. The third kappa shape index (κ3) is 4.58. The molecule has 0 spiro atoms. The zero-order valence-electron chi connectivity index (χ0n) is 15.6. The predicted molar refractivity (Wildman–Crippen MR) is 101 cm³/mol. The standard InChI is InChI=1S/C22H26O4/c1-4-15-25-22(19-11-7-5-8-12-19,20-13-9-6-10-14-20)18(3)26-21(24)16-17(2)23/h5-14,18H,4,15-16H2,1-3H3. The number of benzene rings is 2. The van der Waals surface area contributed by atoms with Gasteiger partial charge in [-0.15, -0.1) is 0 Å². The first-order chi connectivity index (χ1) is 12.5. The summed E-state index contributed by atoms with van der Waals surface area (Å²) in [4.78, 5) is 23.4. The van der Waals surface area contributed by atoms with Crippen molar-refractivity contribution in [2.75, 3.05) is 6.61 Å². The van der Waals surface area contributed by atoms with Gasteiger partial charge in [0.2, 0.25) is 0 Å². The van der Waals surface area contributed by atoms with Crippen molar-refractivity contribution in [2.24, 2.45) is 0 Å². The van der Waals surface area contributed by atoms with Crippen LogP contribution in [-0.4, -0.2) is 24.5 Å². The molecule has 1 atom stereocenters. The van der Waals surface area contributed by atoms with Gasteiger partial charge in [-0.25, -0.2) is 0 Å². The Hall–Kier alpha value is -2.46. The Bertz CT molecular complexity index is 670. The van der Waals surface area contributed by atoms with Gasteiger partial charge in [0.05, 0.1) is 0 Å². The summed E-state index contributed by atoms with van der Waals surface area (Å²) in [6.45, 7) is 5.74. The number of ether oxygens (including phenoxy) is 2. The van der Waals surface area contributed by atoms with Crippen LogP contribution in [0.15, 0.2) is 60.7 Å². The Morgan fingerprint density at radius 2 is 1.46 bits per heavy atom. The van der Waals surface area contributed by atoms with Gasteiger partial charge < -0.3 is 9.47 Å². The number of ketones is 1. The number of esters is 1. The topological polar surface area (TPSA) is 52.6 Å². The molecule has 2 rings (SSSR count). The van der Waals surface area contributed by atoms with E-state index in [1.807, 2.05) is 74.5 Å². The maximum Gasteiger partial charge on any atom is 0.313 e. The van der Waals surface area contributed by atoms with Crippen molar-refractivity contribution in [3.05, 3.63) is 71.8 Å². The minimum atomic E-state index is -0.940. The Morgan fingerprint density at radius 3 is 1.88 bits per heavy atom. The molecular weight excluding hydrogens is 328 g/mol. The van der Waals surface area contributed by atoms with Crippen LogP contribution in [0.5, 0.6) is 0 Å². The lowest BCUT2D eigenvalue weighted by Crippen LogP contribution is -2.44. The van der Waals surface area contributed by atoms with Gasteiger partial charge in [-0.3, -0.25) is 9.59 Å². The molecule has 0 aromatic heterocycles. The fraction of sp³-hybridized carbons (Fsp3) is 0.364. The highest BCUT2D eigenvalue weighted by Gasteiger charge is 2.43. The Labute approximate surface area is 155 Å². The molecule has 0 radical (unpaired) electrons. The molecule has 0 saturated heterocycles. The summed E-state index contributed by atoms with van der Waals surface area (Å²) in [5.74, 6) is -0.761. The van der Waals surface area contributed by atoms with Crippen molar-refractivity contribution in [1.82, 2.24) is 0 Å². The molecule has 0 amide bonds. The van der Waals surface area contributed by atoms with Crippen LogP contribution < -0.4 is 0 Å². The van der Waals surface area contributed by atoms with Crippen molar-refractivity contribution < 1.29 is 19.1 Å². The molecule has 26 heavy (non-hydrogen) atoms. The highest BCUT2D eigenvalue weighted by molar-refractivity contribution is 5.94. The molecule has 2 aromatic rings. The molecule has 0 aliphatic heterocycles. The quantitative estimate of drug-likeness (QED) is 0.498. The van der Waals surface area contributed by atoms with Crippen molar-refractivity contribution in [1.29, 1.82) is 0 Å². The van der Waals surface area contributed by atoms with Gasteiger partial charge in [0, 0.05) is 6.61 Å². The van der Waals surface area contributed by atoms with Crippen LogP contribution in [0, 0.1) is 0 Å². The van der Waals surface area contributed by atoms with Crippen molar-refractivity contribution in [2.45, 2.75) is 45.3 Å². The molecule has 0 N–H and O–H groups in total. The lowest BCUT2D eigenvalue weighted by Gasteiger charge is -2.39. The normalized spacial score (nSPS) is 12.4. The average Bonchev–Trinajstić information content (AvgIpc) is 2.63.